The number of thiophene rings is 2. The van der Waals surface area contributed by atoms with E-state index in [-0.39, 0.29) is 28.8 Å². The lowest BCUT2D eigenvalue weighted by atomic mass is 10.2. The Balaban J connectivity index is 1.95. The van der Waals surface area contributed by atoms with Crippen molar-refractivity contribution in [3.05, 3.63) is 33.2 Å². The van der Waals surface area contributed by atoms with Crippen molar-refractivity contribution in [1.29, 1.82) is 0 Å². The van der Waals surface area contributed by atoms with Gasteiger partial charge in [-0.05, 0) is 46.1 Å². The van der Waals surface area contributed by atoms with Crippen molar-refractivity contribution in [3.63, 3.8) is 0 Å². The summed E-state index contributed by atoms with van der Waals surface area (Å²) < 4.78 is 1.57. The molecule has 150 valence electrons. The third-order valence-corrected chi connectivity index (χ3v) is 7.46. The average Bonchev–Trinajstić information content (AvgIpc) is 3.27. The SMILES string of the molecule is CC(Sc1nc2scc(-c3cccs3)c2c(=O)n1C)C(=O)N(C(C)C)C(C)C. The van der Waals surface area contributed by atoms with E-state index in [9.17, 15) is 9.59 Å². The first-order valence-electron chi connectivity index (χ1n) is 9.23. The zero-order valence-electron chi connectivity index (χ0n) is 16.9. The summed E-state index contributed by atoms with van der Waals surface area (Å²) >= 11 is 4.43. The van der Waals surface area contributed by atoms with Crippen LogP contribution in [0, 0.1) is 0 Å². The minimum atomic E-state index is -0.322. The summed E-state index contributed by atoms with van der Waals surface area (Å²) in [5.41, 5.74) is 0.871. The number of rotatable bonds is 6. The monoisotopic (exact) mass is 435 g/mol. The van der Waals surface area contributed by atoms with Gasteiger partial charge in [-0.1, -0.05) is 17.8 Å². The van der Waals surface area contributed by atoms with Crippen LogP contribution in [0.25, 0.3) is 20.7 Å². The van der Waals surface area contributed by atoms with Gasteiger partial charge in [0, 0.05) is 35.0 Å². The highest BCUT2D eigenvalue weighted by Gasteiger charge is 2.27. The van der Waals surface area contributed by atoms with Gasteiger partial charge in [0.2, 0.25) is 5.91 Å². The number of carbonyl (C=O) groups is 1. The maximum Gasteiger partial charge on any atom is 0.263 e. The molecule has 0 fully saturated rings. The Kier molecular flexibility index (Phi) is 6.31. The lowest BCUT2D eigenvalue weighted by Crippen LogP contribution is -2.45. The first-order valence-corrected chi connectivity index (χ1v) is 11.9. The van der Waals surface area contributed by atoms with Crippen LogP contribution in [0.2, 0.25) is 0 Å². The molecule has 28 heavy (non-hydrogen) atoms. The smallest absolute Gasteiger partial charge is 0.263 e. The number of fused-ring (bicyclic) bond motifs is 1. The fourth-order valence-electron chi connectivity index (χ4n) is 3.30. The van der Waals surface area contributed by atoms with Gasteiger partial charge < -0.3 is 4.90 Å². The van der Waals surface area contributed by atoms with E-state index >= 15 is 0 Å². The molecule has 3 aromatic rings. The Morgan fingerprint density at radius 1 is 1.18 bits per heavy atom. The summed E-state index contributed by atoms with van der Waals surface area (Å²) in [7, 11) is 1.73. The highest BCUT2D eigenvalue weighted by molar-refractivity contribution is 8.00. The molecule has 0 radical (unpaired) electrons. The predicted octanol–water partition coefficient (Wildman–Crippen LogP) is 4.85. The molecule has 0 aliphatic rings. The van der Waals surface area contributed by atoms with Crippen LogP contribution in [0.5, 0.6) is 0 Å². The van der Waals surface area contributed by atoms with E-state index in [2.05, 4.69) is 0 Å². The molecule has 3 aromatic heterocycles. The fourth-order valence-corrected chi connectivity index (χ4v) is 6.03. The van der Waals surface area contributed by atoms with Crippen molar-refractivity contribution in [2.75, 3.05) is 0 Å². The summed E-state index contributed by atoms with van der Waals surface area (Å²) in [6.07, 6.45) is 0. The molecule has 0 aromatic carbocycles. The molecule has 5 nitrogen and oxygen atoms in total. The molecular formula is C20H25N3O2S3. The van der Waals surface area contributed by atoms with E-state index in [0.29, 0.717) is 10.5 Å². The van der Waals surface area contributed by atoms with E-state index in [1.807, 2.05) is 62.4 Å². The van der Waals surface area contributed by atoms with E-state index in [4.69, 9.17) is 4.98 Å². The maximum atomic E-state index is 13.1. The first-order chi connectivity index (χ1) is 13.2. The van der Waals surface area contributed by atoms with Crippen molar-refractivity contribution < 1.29 is 4.79 Å². The summed E-state index contributed by atoms with van der Waals surface area (Å²) in [4.78, 5) is 34.4. The molecule has 1 amide bonds. The normalized spacial score (nSPS) is 12.9. The number of hydrogen-bond donors (Lipinski definition) is 0. The second-order valence-electron chi connectivity index (χ2n) is 7.26. The molecule has 0 spiro atoms. The molecule has 8 heteroatoms. The van der Waals surface area contributed by atoms with Crippen LogP contribution in [-0.2, 0) is 11.8 Å². The van der Waals surface area contributed by atoms with Crippen LogP contribution in [0.15, 0.2) is 32.8 Å². The molecule has 1 unspecified atom stereocenters. The van der Waals surface area contributed by atoms with Gasteiger partial charge in [-0.2, -0.15) is 0 Å². The van der Waals surface area contributed by atoms with Gasteiger partial charge in [0.05, 0.1) is 10.6 Å². The number of hydrogen-bond acceptors (Lipinski definition) is 6. The Morgan fingerprint density at radius 2 is 1.86 bits per heavy atom. The number of thioether (sulfide) groups is 1. The molecular weight excluding hydrogens is 410 g/mol. The molecule has 0 aliphatic carbocycles. The number of aromatic nitrogens is 2. The molecule has 0 saturated heterocycles. The van der Waals surface area contributed by atoms with Crippen molar-refractivity contribution in [1.82, 2.24) is 14.5 Å². The second-order valence-corrected chi connectivity index (χ2v) is 10.4. The van der Waals surface area contributed by atoms with E-state index in [1.54, 1.807) is 23.0 Å². The van der Waals surface area contributed by atoms with E-state index in [1.165, 1.54) is 23.1 Å². The van der Waals surface area contributed by atoms with Crippen LogP contribution in [0.1, 0.15) is 34.6 Å². The lowest BCUT2D eigenvalue weighted by molar-refractivity contribution is -0.133. The Labute approximate surface area is 177 Å². The lowest BCUT2D eigenvalue weighted by Gasteiger charge is -2.32. The minimum Gasteiger partial charge on any atom is -0.337 e. The largest absolute Gasteiger partial charge is 0.337 e. The molecule has 3 rings (SSSR count). The number of carbonyl (C=O) groups excluding carboxylic acids is 1. The maximum absolute atomic E-state index is 13.1. The fraction of sp³-hybridized carbons (Fsp3) is 0.450. The van der Waals surface area contributed by atoms with Crippen molar-refractivity contribution >= 4 is 50.6 Å². The molecule has 0 N–H and O–H groups in total. The van der Waals surface area contributed by atoms with Gasteiger partial charge >= 0.3 is 0 Å². The summed E-state index contributed by atoms with van der Waals surface area (Å²) in [5, 5.41) is 4.91. The van der Waals surface area contributed by atoms with Gasteiger partial charge in [0.25, 0.3) is 5.56 Å². The van der Waals surface area contributed by atoms with Gasteiger partial charge in [-0.3, -0.25) is 14.2 Å². The molecule has 0 bridgehead atoms. The highest BCUT2D eigenvalue weighted by Crippen LogP contribution is 2.35. The summed E-state index contributed by atoms with van der Waals surface area (Å²) in [6.45, 7) is 9.97. The van der Waals surface area contributed by atoms with Gasteiger partial charge in [0.15, 0.2) is 5.16 Å². The van der Waals surface area contributed by atoms with Crippen LogP contribution >= 0.6 is 34.4 Å². The third-order valence-electron chi connectivity index (χ3n) is 4.56. The zero-order chi connectivity index (χ0) is 20.6. The van der Waals surface area contributed by atoms with Gasteiger partial charge in [-0.25, -0.2) is 4.98 Å². The minimum absolute atomic E-state index is 0.0646. The number of amides is 1. The van der Waals surface area contributed by atoms with Crippen molar-refractivity contribution in [2.24, 2.45) is 7.05 Å². The first kappa shape index (κ1) is 21.1. The van der Waals surface area contributed by atoms with Crippen LogP contribution in [0.4, 0.5) is 0 Å². The van der Waals surface area contributed by atoms with Crippen LogP contribution in [-0.4, -0.2) is 37.7 Å². The standard InChI is InChI=1S/C20H25N3O2S3/c1-11(2)23(12(3)4)18(24)13(5)28-20-21-17-16(19(25)22(20)6)14(10-27-17)15-8-7-9-26-15/h7-13H,1-6H3. The number of nitrogens with zero attached hydrogens (tertiary/aromatic N) is 3. The van der Waals surface area contributed by atoms with Crippen molar-refractivity contribution in [3.8, 4) is 10.4 Å². The molecule has 3 heterocycles. The van der Waals surface area contributed by atoms with Crippen LogP contribution < -0.4 is 5.56 Å². The average molecular weight is 436 g/mol. The Morgan fingerprint density at radius 3 is 2.43 bits per heavy atom. The molecule has 0 saturated carbocycles. The quantitative estimate of drug-likeness (QED) is 0.410. The predicted molar refractivity (Wildman–Crippen MR) is 121 cm³/mol. The van der Waals surface area contributed by atoms with Crippen LogP contribution in [0.3, 0.4) is 0 Å². The summed E-state index contributed by atoms with van der Waals surface area (Å²) in [6, 6.07) is 4.25. The van der Waals surface area contributed by atoms with Gasteiger partial charge in [-0.15, -0.1) is 22.7 Å². The zero-order valence-corrected chi connectivity index (χ0v) is 19.4. The molecule has 1 atom stereocenters. The third kappa shape index (κ3) is 3.90. The highest BCUT2D eigenvalue weighted by atomic mass is 32.2. The second kappa shape index (κ2) is 8.39. The Hall–Kier alpha value is -1.64. The van der Waals surface area contributed by atoms with Gasteiger partial charge in [0.1, 0.15) is 4.83 Å². The summed E-state index contributed by atoms with van der Waals surface area (Å²) in [5.74, 6) is 0.0646. The molecule has 0 aliphatic heterocycles. The Bertz CT molecular complexity index is 1030. The van der Waals surface area contributed by atoms with E-state index in [0.717, 1.165) is 15.3 Å². The topological polar surface area (TPSA) is 55.2 Å². The van der Waals surface area contributed by atoms with E-state index < -0.39 is 0 Å². The van der Waals surface area contributed by atoms with Crippen molar-refractivity contribution in [2.45, 2.75) is 57.1 Å².